The first-order valence-electron chi connectivity index (χ1n) is 12.3. The molecule has 0 heterocycles. The fourth-order valence-corrected chi connectivity index (χ4v) is 4.73. The zero-order valence-electron chi connectivity index (χ0n) is 23.0. The molecular weight excluding hydrogens is 483 g/mol. The van der Waals surface area contributed by atoms with Crippen LogP contribution in [0.2, 0.25) is 0 Å². The molecule has 0 atom stereocenters. The van der Waals surface area contributed by atoms with Gasteiger partial charge in [0.05, 0.1) is 12.8 Å². The number of benzene rings is 2. The largest absolute Gasteiger partial charge is 0.500 e. The Labute approximate surface area is 224 Å². The van der Waals surface area contributed by atoms with Gasteiger partial charge in [-0.25, -0.2) is 9.98 Å². The molecule has 0 saturated heterocycles. The molecule has 0 aliphatic heterocycles. The van der Waals surface area contributed by atoms with Crippen LogP contribution in [0, 0.1) is 5.41 Å². The fourth-order valence-electron chi connectivity index (χ4n) is 3.71. The van der Waals surface area contributed by atoms with Gasteiger partial charge in [0.25, 0.3) is 0 Å². The van der Waals surface area contributed by atoms with Crippen LogP contribution in [0.3, 0.4) is 0 Å². The highest BCUT2D eigenvalue weighted by Crippen LogP contribution is 2.31. The second-order valence-electron chi connectivity index (χ2n) is 9.61. The van der Waals surface area contributed by atoms with Crippen LogP contribution in [0.25, 0.3) is 11.6 Å². The van der Waals surface area contributed by atoms with E-state index >= 15 is 0 Å². The number of nitrogens with zero attached hydrogens (tertiary/aromatic N) is 2. The Hall–Kier alpha value is -3.32. The van der Waals surface area contributed by atoms with Gasteiger partial charge in [-0.3, -0.25) is 0 Å². The Kier molecular flexibility index (Phi) is 10.7. The number of methoxy groups -OCH3 is 1. The lowest BCUT2D eigenvalue weighted by atomic mass is 9.93. The molecule has 3 N–H and O–H groups in total. The number of guanidine groups is 1. The third-order valence-corrected chi connectivity index (χ3v) is 6.50. The number of allylic oxidation sites excluding steroid dienone is 2. The lowest BCUT2D eigenvalue weighted by Crippen LogP contribution is -2.30. The maximum atomic E-state index is 14.0. The normalized spacial score (nSPS) is 13.9. The van der Waals surface area contributed by atoms with Crippen LogP contribution in [0.1, 0.15) is 52.7 Å². The molecule has 37 heavy (non-hydrogen) atoms. The highest BCUT2D eigenvalue weighted by Gasteiger charge is 2.18. The van der Waals surface area contributed by atoms with Gasteiger partial charge in [-0.05, 0) is 59.5 Å². The van der Waals surface area contributed by atoms with Gasteiger partial charge in [0.15, 0.2) is 11.9 Å². The number of ether oxygens (including phenoxy) is 1. The zero-order valence-corrected chi connectivity index (χ0v) is 23.9. The van der Waals surface area contributed by atoms with Crippen molar-refractivity contribution in [2.45, 2.75) is 59.3 Å². The molecule has 2 aromatic rings. The quantitative estimate of drug-likeness (QED) is 0.137. The average molecular weight is 523 g/mol. The summed E-state index contributed by atoms with van der Waals surface area (Å²) in [7, 11) is 1.63. The number of aryl methyl sites for hydroxylation is 2. The number of aliphatic imine (C=N–C) groups is 2. The van der Waals surface area contributed by atoms with E-state index in [1.165, 1.54) is 29.8 Å². The molecule has 7 heteroatoms. The van der Waals surface area contributed by atoms with Crippen molar-refractivity contribution in [2.75, 3.05) is 7.11 Å². The summed E-state index contributed by atoms with van der Waals surface area (Å²) in [5.41, 5.74) is 9.63. The van der Waals surface area contributed by atoms with Crippen molar-refractivity contribution in [2.24, 2.45) is 21.1 Å². The predicted molar refractivity (Wildman–Crippen MR) is 158 cm³/mol. The van der Waals surface area contributed by atoms with Crippen molar-refractivity contribution in [1.82, 2.24) is 5.32 Å². The molecule has 0 aliphatic carbocycles. The third kappa shape index (κ3) is 8.93. The second-order valence-corrected chi connectivity index (χ2v) is 10.7. The molecule has 0 aliphatic rings. The van der Waals surface area contributed by atoms with Crippen LogP contribution >= 0.6 is 11.8 Å². The lowest BCUT2D eigenvalue weighted by Gasteiger charge is -2.22. The van der Waals surface area contributed by atoms with Gasteiger partial charge < -0.3 is 15.8 Å². The molecule has 2 aromatic carbocycles. The van der Waals surface area contributed by atoms with Gasteiger partial charge in [0.2, 0.25) is 0 Å². The molecule has 198 valence electrons. The van der Waals surface area contributed by atoms with Gasteiger partial charge in [0.1, 0.15) is 10.8 Å². The Bertz CT molecular complexity index is 1330. The number of rotatable bonds is 9. The monoisotopic (exact) mass is 522 g/mol. The predicted octanol–water partition coefficient (Wildman–Crippen LogP) is 6.09. The number of hydrogen-bond acceptors (Lipinski definition) is 4. The SMILES string of the molecule is C=C(/C=C(\OC)C(C)(C)C)NC(N)=Nc1cccc(S/C(N=C(C)F)=c2\cc(CC)c(CC)cc2=C)c1. The first-order chi connectivity index (χ1) is 17.4. The van der Waals surface area contributed by atoms with Crippen molar-refractivity contribution < 1.29 is 9.13 Å². The van der Waals surface area contributed by atoms with E-state index in [9.17, 15) is 4.39 Å². The van der Waals surface area contributed by atoms with Crippen LogP contribution in [0.15, 0.2) is 75.4 Å². The molecule has 0 unspecified atom stereocenters. The molecule has 0 amide bonds. The van der Waals surface area contributed by atoms with Crippen LogP contribution in [0.4, 0.5) is 10.1 Å². The topological polar surface area (TPSA) is 72.0 Å². The lowest BCUT2D eigenvalue weighted by molar-refractivity contribution is 0.206. The Balaban J connectivity index is 2.41. The van der Waals surface area contributed by atoms with Crippen molar-refractivity contribution in [3.05, 3.63) is 82.1 Å². The van der Waals surface area contributed by atoms with E-state index in [1.807, 2.05) is 24.3 Å². The summed E-state index contributed by atoms with van der Waals surface area (Å²) in [5.74, 6) is 0.447. The van der Waals surface area contributed by atoms with Crippen LogP contribution < -0.4 is 21.5 Å². The molecule has 2 rings (SSSR count). The average Bonchev–Trinajstić information content (AvgIpc) is 2.81. The molecule has 0 fully saturated rings. The molecule has 0 saturated carbocycles. The molecule has 0 spiro atoms. The summed E-state index contributed by atoms with van der Waals surface area (Å²) in [6, 6.07) is 11.7. The molecule has 0 bridgehead atoms. The molecule has 0 radical (unpaired) electrons. The first-order valence-corrected chi connectivity index (χ1v) is 13.1. The highest BCUT2D eigenvalue weighted by molar-refractivity contribution is 8.07. The van der Waals surface area contributed by atoms with E-state index in [4.69, 9.17) is 10.5 Å². The van der Waals surface area contributed by atoms with Crippen LogP contribution in [-0.2, 0) is 17.6 Å². The van der Waals surface area contributed by atoms with Gasteiger partial charge in [-0.1, -0.05) is 71.7 Å². The van der Waals surface area contributed by atoms with Gasteiger partial charge >= 0.3 is 0 Å². The molecular formula is C30H39FN4OS. The minimum absolute atomic E-state index is 0.173. The number of nitrogens with one attached hydrogen (secondary N) is 1. The van der Waals surface area contributed by atoms with Gasteiger partial charge in [-0.15, -0.1) is 0 Å². The van der Waals surface area contributed by atoms with Crippen molar-refractivity contribution in [1.29, 1.82) is 0 Å². The summed E-state index contributed by atoms with van der Waals surface area (Å²) in [6.45, 7) is 19.9. The van der Waals surface area contributed by atoms with Crippen molar-refractivity contribution in [3.63, 3.8) is 0 Å². The van der Waals surface area contributed by atoms with Crippen molar-refractivity contribution >= 4 is 41.0 Å². The van der Waals surface area contributed by atoms with Gasteiger partial charge in [-0.2, -0.15) is 4.39 Å². The maximum absolute atomic E-state index is 14.0. The summed E-state index contributed by atoms with van der Waals surface area (Å²) in [4.78, 5) is 9.52. The van der Waals surface area contributed by atoms with E-state index in [0.29, 0.717) is 16.4 Å². The number of thioether (sulfide) groups is 1. The summed E-state index contributed by atoms with van der Waals surface area (Å²) >= 11 is 1.36. The van der Waals surface area contributed by atoms with E-state index in [2.05, 4.69) is 75.2 Å². The minimum atomic E-state index is -0.514. The van der Waals surface area contributed by atoms with Gasteiger partial charge in [0, 0.05) is 28.1 Å². The minimum Gasteiger partial charge on any atom is -0.500 e. The number of hydrogen-bond donors (Lipinski definition) is 2. The van der Waals surface area contributed by atoms with Crippen LogP contribution in [-0.4, -0.2) is 19.0 Å². The fraction of sp³-hybridized carbons (Fsp3) is 0.333. The smallest absolute Gasteiger partial charge is 0.198 e. The van der Waals surface area contributed by atoms with E-state index in [0.717, 1.165) is 33.9 Å². The van der Waals surface area contributed by atoms with E-state index in [1.54, 1.807) is 13.2 Å². The number of halogens is 1. The second kappa shape index (κ2) is 13.3. The van der Waals surface area contributed by atoms with E-state index < -0.39 is 5.97 Å². The Morgan fingerprint density at radius 3 is 2.38 bits per heavy atom. The molecule has 0 aromatic heterocycles. The summed E-state index contributed by atoms with van der Waals surface area (Å²) in [6.07, 6.45) is 3.60. The summed E-state index contributed by atoms with van der Waals surface area (Å²) in [5, 5.41) is 5.18. The summed E-state index contributed by atoms with van der Waals surface area (Å²) < 4.78 is 19.5. The van der Waals surface area contributed by atoms with Crippen LogP contribution in [0.5, 0.6) is 0 Å². The zero-order chi connectivity index (χ0) is 27.8. The number of nitrogens with two attached hydrogens (primary N) is 1. The Morgan fingerprint density at radius 1 is 1.16 bits per heavy atom. The third-order valence-electron chi connectivity index (χ3n) is 5.51. The maximum Gasteiger partial charge on any atom is 0.198 e. The highest BCUT2D eigenvalue weighted by atomic mass is 32.2. The standard InChI is InChI=1S/C30H39FN4OS/c1-10-22-15-19(3)26(17-23(22)11-2)28(34-21(5)31)37-25-14-12-13-24(18-25)35-29(32)33-20(4)16-27(36-9)30(6,7)8/h12-18H,3-4,10-11H2,1-2,5-9H3,(H3,32,33,35)/b27-16-,28-26+,34-21?. The van der Waals surface area contributed by atoms with Crippen molar-refractivity contribution in [3.8, 4) is 0 Å². The Morgan fingerprint density at radius 2 is 1.81 bits per heavy atom. The molecule has 5 nitrogen and oxygen atoms in total. The van der Waals surface area contributed by atoms with E-state index in [-0.39, 0.29) is 11.4 Å². The first kappa shape index (κ1) is 29.9.